The zero-order valence-electron chi connectivity index (χ0n) is 12.5. The molecule has 0 aromatic heterocycles. The first-order valence-corrected chi connectivity index (χ1v) is 7.52. The molecule has 120 valence electrons. The van der Waals surface area contributed by atoms with Crippen LogP contribution in [0.3, 0.4) is 0 Å². The topological polar surface area (TPSA) is 79.9 Å². The van der Waals surface area contributed by atoms with Crippen molar-refractivity contribution in [3.8, 4) is 0 Å². The molecule has 0 bridgehead atoms. The molecule has 1 saturated carbocycles. The second-order valence-electron chi connectivity index (χ2n) is 5.35. The van der Waals surface area contributed by atoms with Gasteiger partial charge in [0.15, 0.2) is 5.96 Å². The maximum atomic E-state index is 9.66. The summed E-state index contributed by atoms with van der Waals surface area (Å²) in [5, 5.41) is 12.7. The number of rotatable bonds is 11. The molecular formula is C14H30IN3O2. The Balaban J connectivity index is 0.00000361. The molecule has 0 aromatic rings. The van der Waals surface area contributed by atoms with E-state index in [0.29, 0.717) is 19.1 Å². The molecule has 20 heavy (non-hydrogen) atoms. The van der Waals surface area contributed by atoms with Crippen LogP contribution >= 0.6 is 24.0 Å². The number of halogens is 1. The first-order chi connectivity index (χ1) is 9.22. The summed E-state index contributed by atoms with van der Waals surface area (Å²) in [6.45, 7) is 4.47. The average molecular weight is 399 g/mol. The predicted molar refractivity (Wildman–Crippen MR) is 93.6 cm³/mol. The third kappa shape index (κ3) is 11.7. The number of aliphatic hydroxyl groups is 1. The lowest BCUT2D eigenvalue weighted by Gasteiger charge is -2.10. The summed E-state index contributed by atoms with van der Waals surface area (Å²) in [6.07, 6.45) is 6.80. The van der Waals surface area contributed by atoms with Crippen LogP contribution in [0.4, 0.5) is 0 Å². The van der Waals surface area contributed by atoms with E-state index in [1.165, 1.54) is 32.1 Å². The van der Waals surface area contributed by atoms with Crippen LogP contribution in [0.2, 0.25) is 0 Å². The molecule has 1 aliphatic rings. The van der Waals surface area contributed by atoms with E-state index in [-0.39, 0.29) is 24.0 Å². The van der Waals surface area contributed by atoms with E-state index in [4.69, 9.17) is 10.5 Å². The highest BCUT2D eigenvalue weighted by atomic mass is 127. The standard InChI is InChI=1S/C14H29N3O2.HI/c1-2-3-4-5-8-16-14(15)17-9-13(18)11-19-10-12-6-7-12;/h12-13,18H,2-11H2,1H3,(H3,15,16,17);1H. The van der Waals surface area contributed by atoms with Crippen LogP contribution in [0, 0.1) is 5.92 Å². The maximum Gasteiger partial charge on any atom is 0.188 e. The van der Waals surface area contributed by atoms with Crippen LogP contribution in [0.5, 0.6) is 0 Å². The number of nitrogens with zero attached hydrogens (tertiary/aromatic N) is 1. The van der Waals surface area contributed by atoms with E-state index in [0.717, 1.165) is 25.5 Å². The summed E-state index contributed by atoms with van der Waals surface area (Å²) in [7, 11) is 0. The molecule has 1 fully saturated rings. The molecule has 5 nitrogen and oxygen atoms in total. The van der Waals surface area contributed by atoms with E-state index in [2.05, 4.69) is 17.2 Å². The average Bonchev–Trinajstić information content (AvgIpc) is 3.20. The van der Waals surface area contributed by atoms with Crippen LogP contribution < -0.4 is 11.1 Å². The Morgan fingerprint density at radius 1 is 1.40 bits per heavy atom. The molecule has 0 aliphatic heterocycles. The Labute approximate surface area is 139 Å². The number of aliphatic imine (C=N–C) groups is 1. The van der Waals surface area contributed by atoms with E-state index in [1.807, 2.05) is 0 Å². The summed E-state index contributed by atoms with van der Waals surface area (Å²) in [4.78, 5) is 4.11. The molecule has 1 rings (SSSR count). The zero-order valence-corrected chi connectivity index (χ0v) is 14.8. The molecule has 0 aromatic carbocycles. The van der Waals surface area contributed by atoms with Crippen molar-refractivity contribution in [2.24, 2.45) is 16.6 Å². The number of hydrogen-bond acceptors (Lipinski definition) is 3. The van der Waals surface area contributed by atoms with Gasteiger partial charge < -0.3 is 20.9 Å². The van der Waals surface area contributed by atoms with Gasteiger partial charge in [0, 0.05) is 13.2 Å². The molecule has 4 N–H and O–H groups in total. The zero-order chi connectivity index (χ0) is 13.9. The van der Waals surface area contributed by atoms with Gasteiger partial charge in [0.05, 0.1) is 19.3 Å². The lowest BCUT2D eigenvalue weighted by molar-refractivity contribution is 0.0368. The van der Waals surface area contributed by atoms with Crippen molar-refractivity contribution in [3.63, 3.8) is 0 Å². The lowest BCUT2D eigenvalue weighted by atomic mass is 10.2. The Bertz CT molecular complexity index is 261. The third-order valence-electron chi connectivity index (χ3n) is 3.17. The summed E-state index contributed by atoms with van der Waals surface area (Å²) in [6, 6.07) is 0. The molecule has 1 aliphatic carbocycles. The fourth-order valence-corrected chi connectivity index (χ4v) is 1.74. The monoisotopic (exact) mass is 399 g/mol. The van der Waals surface area contributed by atoms with Gasteiger partial charge in [-0.25, -0.2) is 0 Å². The number of nitrogens with two attached hydrogens (primary N) is 1. The van der Waals surface area contributed by atoms with Gasteiger partial charge in [-0.1, -0.05) is 26.2 Å². The van der Waals surface area contributed by atoms with Crippen LogP contribution in [0.25, 0.3) is 0 Å². The van der Waals surface area contributed by atoms with Crippen molar-refractivity contribution in [1.29, 1.82) is 0 Å². The number of aliphatic hydroxyl groups excluding tert-OH is 1. The van der Waals surface area contributed by atoms with Crippen LogP contribution in [-0.4, -0.2) is 43.5 Å². The largest absolute Gasteiger partial charge is 0.389 e. The molecule has 0 heterocycles. The lowest BCUT2D eigenvalue weighted by Crippen LogP contribution is -2.33. The molecule has 0 radical (unpaired) electrons. The molecule has 1 atom stereocenters. The van der Waals surface area contributed by atoms with Crippen LogP contribution in [0.15, 0.2) is 4.99 Å². The van der Waals surface area contributed by atoms with E-state index in [1.54, 1.807) is 0 Å². The summed E-state index contributed by atoms with van der Waals surface area (Å²) >= 11 is 0. The van der Waals surface area contributed by atoms with Crippen LogP contribution in [-0.2, 0) is 4.74 Å². The number of unbranched alkanes of at least 4 members (excludes halogenated alkanes) is 3. The summed E-state index contributed by atoms with van der Waals surface area (Å²) in [5.74, 6) is 1.14. The van der Waals surface area contributed by atoms with Gasteiger partial charge in [-0.15, -0.1) is 24.0 Å². The van der Waals surface area contributed by atoms with Gasteiger partial charge in [-0.3, -0.25) is 4.99 Å². The summed E-state index contributed by atoms with van der Waals surface area (Å²) < 4.78 is 5.40. The Hall–Kier alpha value is -0.0800. The van der Waals surface area contributed by atoms with Crippen LogP contribution in [0.1, 0.15) is 45.4 Å². The normalized spacial score (nSPS) is 16.6. The quantitative estimate of drug-likeness (QED) is 0.215. The SMILES string of the molecule is CCCCCCNC(N)=NCC(O)COCC1CC1.I. The number of guanidine groups is 1. The van der Waals surface area contributed by atoms with Crippen molar-refractivity contribution in [3.05, 3.63) is 0 Å². The van der Waals surface area contributed by atoms with E-state index >= 15 is 0 Å². The Kier molecular flexibility index (Phi) is 12.6. The fraction of sp³-hybridized carbons (Fsp3) is 0.929. The fourth-order valence-electron chi connectivity index (χ4n) is 1.74. The van der Waals surface area contributed by atoms with Gasteiger partial charge in [-0.2, -0.15) is 0 Å². The second kappa shape index (κ2) is 12.6. The highest BCUT2D eigenvalue weighted by molar-refractivity contribution is 14.0. The van der Waals surface area contributed by atoms with Gasteiger partial charge in [-0.05, 0) is 25.2 Å². The van der Waals surface area contributed by atoms with Crippen molar-refractivity contribution in [2.75, 3.05) is 26.3 Å². The first-order valence-electron chi connectivity index (χ1n) is 7.52. The highest BCUT2D eigenvalue weighted by Gasteiger charge is 2.21. The molecule has 0 saturated heterocycles. The van der Waals surface area contributed by atoms with Crippen molar-refractivity contribution in [2.45, 2.75) is 51.6 Å². The third-order valence-corrected chi connectivity index (χ3v) is 3.17. The number of hydrogen-bond donors (Lipinski definition) is 3. The first kappa shape index (κ1) is 19.9. The maximum absolute atomic E-state index is 9.66. The molecule has 0 spiro atoms. The van der Waals surface area contributed by atoms with Crippen molar-refractivity contribution < 1.29 is 9.84 Å². The molecule has 1 unspecified atom stereocenters. The minimum Gasteiger partial charge on any atom is -0.389 e. The van der Waals surface area contributed by atoms with Crippen molar-refractivity contribution >= 4 is 29.9 Å². The molecular weight excluding hydrogens is 369 g/mol. The summed E-state index contributed by atoms with van der Waals surface area (Å²) in [5.41, 5.74) is 5.71. The smallest absolute Gasteiger partial charge is 0.188 e. The molecule has 6 heteroatoms. The number of nitrogens with one attached hydrogen (secondary N) is 1. The predicted octanol–water partition coefficient (Wildman–Crippen LogP) is 1.88. The number of ether oxygens (including phenoxy) is 1. The minimum absolute atomic E-state index is 0. The van der Waals surface area contributed by atoms with Gasteiger partial charge in [0.1, 0.15) is 0 Å². The van der Waals surface area contributed by atoms with E-state index in [9.17, 15) is 5.11 Å². The molecule has 0 amide bonds. The minimum atomic E-state index is -0.556. The second-order valence-corrected chi connectivity index (χ2v) is 5.35. The van der Waals surface area contributed by atoms with Gasteiger partial charge in [0.25, 0.3) is 0 Å². The van der Waals surface area contributed by atoms with E-state index < -0.39 is 6.10 Å². The Morgan fingerprint density at radius 3 is 2.80 bits per heavy atom. The Morgan fingerprint density at radius 2 is 2.15 bits per heavy atom. The van der Waals surface area contributed by atoms with Gasteiger partial charge >= 0.3 is 0 Å². The van der Waals surface area contributed by atoms with Gasteiger partial charge in [0.2, 0.25) is 0 Å². The highest BCUT2D eigenvalue weighted by Crippen LogP contribution is 2.28. The van der Waals surface area contributed by atoms with Crippen molar-refractivity contribution in [1.82, 2.24) is 5.32 Å².